The third kappa shape index (κ3) is 4.16. The molecule has 4 rings (SSSR count). The highest BCUT2D eigenvalue weighted by molar-refractivity contribution is 5.95. The Balaban J connectivity index is 1.57. The van der Waals surface area contributed by atoms with Crippen LogP contribution in [-0.2, 0) is 11.7 Å². The standard InChI is InChI=1S/C23H25F5N4O/c1-14-18(4-5-19(29-14)23(26,27)28)32-13-21(30-20(32)33)6-8-22(9-7-21,31(2)3)15-10-16(24)12-17(25)11-15/h4-5,10-12H,6-9,13H2,1-3H3,(H,30,33). The minimum absolute atomic E-state index is 0.116. The zero-order valence-electron chi connectivity index (χ0n) is 18.6. The highest BCUT2D eigenvalue weighted by Crippen LogP contribution is 2.47. The van der Waals surface area contributed by atoms with E-state index in [4.69, 9.17) is 0 Å². The van der Waals surface area contributed by atoms with Gasteiger partial charge in [-0.25, -0.2) is 18.6 Å². The van der Waals surface area contributed by atoms with Crippen molar-refractivity contribution in [2.75, 3.05) is 25.5 Å². The summed E-state index contributed by atoms with van der Waals surface area (Å²) in [6.07, 6.45) is -2.40. The first-order chi connectivity index (χ1) is 15.4. The number of urea groups is 1. The predicted octanol–water partition coefficient (Wildman–Crippen LogP) is 4.99. The third-order valence-electron chi connectivity index (χ3n) is 7.01. The molecule has 2 aliphatic rings. The van der Waals surface area contributed by atoms with Gasteiger partial charge in [0.05, 0.1) is 23.5 Å². The van der Waals surface area contributed by atoms with Crippen LogP contribution in [0.4, 0.5) is 32.4 Å². The van der Waals surface area contributed by atoms with Crippen molar-refractivity contribution in [3.8, 4) is 0 Å². The quantitative estimate of drug-likeness (QED) is 0.646. The predicted molar refractivity (Wildman–Crippen MR) is 113 cm³/mol. The van der Waals surface area contributed by atoms with Crippen LogP contribution in [-0.4, -0.2) is 42.1 Å². The molecule has 0 radical (unpaired) electrons. The van der Waals surface area contributed by atoms with Crippen LogP contribution in [0.2, 0.25) is 0 Å². The van der Waals surface area contributed by atoms with Gasteiger partial charge in [0.25, 0.3) is 0 Å². The molecular formula is C23H25F5N4O. The van der Waals surface area contributed by atoms with Gasteiger partial charge in [-0.2, -0.15) is 13.2 Å². The van der Waals surface area contributed by atoms with Crippen LogP contribution in [0.1, 0.15) is 42.6 Å². The number of rotatable bonds is 3. The topological polar surface area (TPSA) is 48.5 Å². The summed E-state index contributed by atoms with van der Waals surface area (Å²) in [6.45, 7) is 1.72. The fourth-order valence-electron chi connectivity index (χ4n) is 5.14. The normalized spacial score (nSPS) is 25.7. The van der Waals surface area contributed by atoms with Crippen molar-refractivity contribution in [2.45, 2.75) is 49.9 Å². The second kappa shape index (κ2) is 7.93. The van der Waals surface area contributed by atoms with Gasteiger partial charge >= 0.3 is 12.2 Å². The van der Waals surface area contributed by atoms with Gasteiger partial charge < -0.3 is 5.32 Å². The maximum Gasteiger partial charge on any atom is 0.433 e. The van der Waals surface area contributed by atoms with Crippen molar-refractivity contribution >= 4 is 11.7 Å². The molecule has 0 unspecified atom stereocenters. The summed E-state index contributed by atoms with van der Waals surface area (Å²) in [7, 11) is 3.72. The van der Waals surface area contributed by atoms with Gasteiger partial charge in [0.2, 0.25) is 0 Å². The summed E-state index contributed by atoms with van der Waals surface area (Å²) in [5.41, 5.74) is -1.20. The molecule has 2 heterocycles. The molecule has 1 aliphatic carbocycles. The highest BCUT2D eigenvalue weighted by Gasteiger charge is 2.50. The average molecular weight is 468 g/mol. The minimum Gasteiger partial charge on any atom is -0.330 e. The molecular weight excluding hydrogens is 443 g/mol. The molecule has 1 aliphatic heterocycles. The summed E-state index contributed by atoms with van der Waals surface area (Å²) in [4.78, 5) is 19.8. The second-order valence-corrected chi connectivity index (χ2v) is 9.18. The SMILES string of the molecule is Cc1nc(C(F)(F)F)ccc1N1CC2(CCC(c3cc(F)cc(F)c3)(N(C)C)CC2)NC1=O. The molecule has 1 aromatic carbocycles. The van der Waals surface area contributed by atoms with Crippen LogP contribution >= 0.6 is 0 Å². The van der Waals surface area contributed by atoms with Crippen molar-refractivity contribution < 1.29 is 26.7 Å². The number of nitrogens with one attached hydrogen (secondary N) is 1. The van der Waals surface area contributed by atoms with Gasteiger partial charge in [0.1, 0.15) is 17.3 Å². The number of carbonyl (C=O) groups excluding carboxylic acids is 1. The lowest BCUT2D eigenvalue weighted by atomic mass is 9.69. The van der Waals surface area contributed by atoms with Gasteiger partial charge in [0, 0.05) is 11.6 Å². The number of hydrogen-bond donors (Lipinski definition) is 1. The third-order valence-corrected chi connectivity index (χ3v) is 7.01. The molecule has 1 N–H and O–H groups in total. The zero-order valence-corrected chi connectivity index (χ0v) is 18.6. The fraction of sp³-hybridized carbons (Fsp3) is 0.478. The van der Waals surface area contributed by atoms with Gasteiger partial charge in [-0.1, -0.05) is 0 Å². The first kappa shape index (κ1) is 23.4. The maximum atomic E-state index is 13.9. The Kier molecular flexibility index (Phi) is 5.63. The summed E-state index contributed by atoms with van der Waals surface area (Å²) < 4.78 is 66.8. The number of nitrogens with zero attached hydrogens (tertiary/aromatic N) is 3. The molecule has 5 nitrogen and oxygen atoms in total. The number of pyridine rings is 1. The maximum absolute atomic E-state index is 13.9. The van der Waals surface area contributed by atoms with Crippen molar-refractivity contribution in [3.63, 3.8) is 0 Å². The first-order valence-corrected chi connectivity index (χ1v) is 10.6. The minimum atomic E-state index is -4.56. The van der Waals surface area contributed by atoms with E-state index in [0.717, 1.165) is 12.1 Å². The Morgan fingerprint density at radius 3 is 2.15 bits per heavy atom. The smallest absolute Gasteiger partial charge is 0.330 e. The molecule has 1 spiro atoms. The lowest BCUT2D eigenvalue weighted by molar-refractivity contribution is -0.141. The Labute approximate surface area is 188 Å². The van der Waals surface area contributed by atoms with Crippen LogP contribution in [0.25, 0.3) is 0 Å². The van der Waals surface area contributed by atoms with E-state index in [-0.39, 0.29) is 12.2 Å². The van der Waals surface area contributed by atoms with Crippen molar-refractivity contribution in [1.82, 2.24) is 15.2 Å². The summed E-state index contributed by atoms with van der Waals surface area (Å²) in [5, 5.41) is 3.01. The lowest BCUT2D eigenvalue weighted by Crippen LogP contribution is -2.54. The number of alkyl halides is 3. The van der Waals surface area contributed by atoms with Gasteiger partial charge in [-0.3, -0.25) is 9.80 Å². The number of benzene rings is 1. The van der Waals surface area contributed by atoms with E-state index >= 15 is 0 Å². The number of hydrogen-bond acceptors (Lipinski definition) is 3. The van der Waals surface area contributed by atoms with Crippen LogP contribution in [0.15, 0.2) is 30.3 Å². The van der Waals surface area contributed by atoms with E-state index in [1.165, 1.54) is 30.0 Å². The molecule has 0 atom stereocenters. The molecule has 0 bridgehead atoms. The Morgan fingerprint density at radius 1 is 1.03 bits per heavy atom. The number of halogens is 5. The van der Waals surface area contributed by atoms with Gasteiger partial charge in [0.15, 0.2) is 0 Å². The first-order valence-electron chi connectivity index (χ1n) is 10.6. The van der Waals surface area contributed by atoms with E-state index in [1.807, 2.05) is 19.0 Å². The van der Waals surface area contributed by atoms with E-state index < -0.39 is 40.6 Å². The molecule has 1 aromatic heterocycles. The fourth-order valence-corrected chi connectivity index (χ4v) is 5.14. The van der Waals surface area contributed by atoms with Gasteiger partial charge in [-0.15, -0.1) is 0 Å². The molecule has 2 amide bonds. The van der Waals surface area contributed by atoms with E-state index in [1.54, 1.807) is 0 Å². The number of amides is 2. The molecule has 2 aromatic rings. The molecule has 1 saturated carbocycles. The molecule has 2 fully saturated rings. The molecule has 10 heteroatoms. The average Bonchev–Trinajstić information content (AvgIpc) is 3.02. The second-order valence-electron chi connectivity index (χ2n) is 9.18. The summed E-state index contributed by atoms with van der Waals surface area (Å²) in [6, 6.07) is 5.28. The van der Waals surface area contributed by atoms with E-state index in [9.17, 15) is 26.7 Å². The van der Waals surface area contributed by atoms with Crippen molar-refractivity contribution in [3.05, 3.63) is 58.9 Å². The van der Waals surface area contributed by atoms with Crippen LogP contribution in [0, 0.1) is 18.6 Å². The highest BCUT2D eigenvalue weighted by atomic mass is 19.4. The van der Waals surface area contributed by atoms with Crippen molar-refractivity contribution in [1.29, 1.82) is 0 Å². The molecule has 33 heavy (non-hydrogen) atoms. The van der Waals surface area contributed by atoms with Crippen LogP contribution < -0.4 is 10.2 Å². The van der Waals surface area contributed by atoms with Crippen molar-refractivity contribution in [2.24, 2.45) is 0 Å². The van der Waals surface area contributed by atoms with E-state index in [2.05, 4.69) is 10.3 Å². The zero-order chi connectivity index (χ0) is 24.2. The van der Waals surface area contributed by atoms with Crippen LogP contribution in [0.3, 0.4) is 0 Å². The van der Waals surface area contributed by atoms with Crippen LogP contribution in [0.5, 0.6) is 0 Å². The lowest BCUT2D eigenvalue weighted by Gasteiger charge is -2.48. The largest absolute Gasteiger partial charge is 0.433 e. The number of carbonyl (C=O) groups is 1. The molecule has 178 valence electrons. The summed E-state index contributed by atoms with van der Waals surface area (Å²) >= 11 is 0. The summed E-state index contributed by atoms with van der Waals surface area (Å²) in [5.74, 6) is -1.28. The number of aromatic nitrogens is 1. The van der Waals surface area contributed by atoms with Gasteiger partial charge in [-0.05, 0) is 76.5 Å². The Morgan fingerprint density at radius 2 is 1.64 bits per heavy atom. The Hall–Kier alpha value is -2.75. The molecule has 1 saturated heterocycles. The van der Waals surface area contributed by atoms with E-state index in [0.29, 0.717) is 36.9 Å². The monoisotopic (exact) mass is 468 g/mol. The number of anilines is 1. The number of aryl methyl sites for hydroxylation is 1. The Bertz CT molecular complexity index is 1060.